The van der Waals surface area contributed by atoms with Crippen LogP contribution < -0.4 is 16.2 Å². The van der Waals surface area contributed by atoms with Gasteiger partial charge in [0.1, 0.15) is 5.75 Å². The minimum Gasteiger partial charge on any atom is -0.496 e. The number of carbonyl (C=O) groups excluding carboxylic acids is 1. The van der Waals surface area contributed by atoms with E-state index >= 15 is 0 Å². The number of guanidine groups is 1. The second-order valence-corrected chi connectivity index (χ2v) is 5.16. The lowest BCUT2D eigenvalue weighted by Gasteiger charge is -2.11. The molecule has 6 nitrogen and oxygen atoms in total. The molecule has 0 radical (unpaired) electrons. The van der Waals surface area contributed by atoms with Crippen molar-refractivity contribution in [3.8, 4) is 16.9 Å². The highest BCUT2D eigenvalue weighted by Gasteiger charge is 2.12. The van der Waals surface area contributed by atoms with E-state index in [2.05, 4.69) is 9.98 Å². The molecule has 1 amide bonds. The van der Waals surface area contributed by atoms with Crippen LogP contribution in [0.1, 0.15) is 10.4 Å². The lowest BCUT2D eigenvalue weighted by Crippen LogP contribution is -2.24. The van der Waals surface area contributed by atoms with Crippen LogP contribution in [0.25, 0.3) is 21.9 Å². The van der Waals surface area contributed by atoms with Crippen LogP contribution in [0.4, 0.5) is 0 Å². The van der Waals surface area contributed by atoms with Crippen molar-refractivity contribution in [3.63, 3.8) is 0 Å². The zero-order valence-corrected chi connectivity index (χ0v) is 13.1. The molecule has 3 rings (SSSR count). The Kier molecular flexibility index (Phi) is 4.11. The van der Waals surface area contributed by atoms with Crippen LogP contribution in [-0.2, 0) is 0 Å². The van der Waals surface area contributed by atoms with E-state index in [1.54, 1.807) is 37.7 Å². The monoisotopic (exact) mass is 320 g/mol. The molecule has 0 aliphatic heterocycles. The number of aromatic nitrogens is 1. The number of pyridine rings is 1. The lowest BCUT2D eigenvalue weighted by atomic mass is 9.97. The second-order valence-electron chi connectivity index (χ2n) is 5.16. The Morgan fingerprint density at radius 1 is 1.12 bits per heavy atom. The van der Waals surface area contributed by atoms with Crippen molar-refractivity contribution in [3.05, 3.63) is 60.4 Å². The summed E-state index contributed by atoms with van der Waals surface area (Å²) in [6.07, 6.45) is 3.40. The van der Waals surface area contributed by atoms with Gasteiger partial charge in [-0.05, 0) is 34.5 Å². The molecule has 1 aromatic heterocycles. The second kappa shape index (κ2) is 6.37. The minimum atomic E-state index is -0.482. The first-order chi connectivity index (χ1) is 11.6. The third-order valence-electron chi connectivity index (χ3n) is 3.65. The van der Waals surface area contributed by atoms with Crippen molar-refractivity contribution in [2.24, 2.45) is 16.5 Å². The van der Waals surface area contributed by atoms with Crippen LogP contribution in [0, 0.1) is 0 Å². The number of methoxy groups -OCH3 is 1. The summed E-state index contributed by atoms with van der Waals surface area (Å²) >= 11 is 0. The van der Waals surface area contributed by atoms with Gasteiger partial charge >= 0.3 is 0 Å². The zero-order valence-electron chi connectivity index (χ0n) is 13.1. The molecule has 0 fully saturated rings. The maximum absolute atomic E-state index is 12.1. The van der Waals surface area contributed by atoms with E-state index in [0.29, 0.717) is 11.3 Å². The van der Waals surface area contributed by atoms with E-state index in [0.717, 1.165) is 21.9 Å². The molecule has 3 aromatic rings. The maximum Gasteiger partial charge on any atom is 0.280 e. The largest absolute Gasteiger partial charge is 0.496 e. The zero-order chi connectivity index (χ0) is 17.1. The molecule has 0 aliphatic rings. The smallest absolute Gasteiger partial charge is 0.280 e. The highest BCUT2D eigenvalue weighted by atomic mass is 16.5. The number of nitrogens with two attached hydrogens (primary N) is 2. The van der Waals surface area contributed by atoms with Gasteiger partial charge < -0.3 is 16.2 Å². The fourth-order valence-corrected chi connectivity index (χ4v) is 2.58. The van der Waals surface area contributed by atoms with Gasteiger partial charge in [-0.1, -0.05) is 24.3 Å². The van der Waals surface area contributed by atoms with E-state index in [1.807, 2.05) is 24.3 Å². The normalized spacial score (nSPS) is 10.4. The predicted molar refractivity (Wildman–Crippen MR) is 93.9 cm³/mol. The molecule has 1 heterocycles. The molecule has 2 aromatic carbocycles. The summed E-state index contributed by atoms with van der Waals surface area (Å²) in [4.78, 5) is 19.8. The van der Waals surface area contributed by atoms with Gasteiger partial charge in [0.25, 0.3) is 5.91 Å². The Morgan fingerprint density at radius 2 is 1.96 bits per heavy atom. The molecule has 4 N–H and O–H groups in total. The van der Waals surface area contributed by atoms with Crippen LogP contribution in [-0.4, -0.2) is 24.0 Å². The molecule has 0 spiro atoms. The van der Waals surface area contributed by atoms with Crippen LogP contribution in [0.15, 0.2) is 59.9 Å². The SMILES string of the molecule is COc1ccncc1-c1cccc2ccc(C(=O)N=C(N)N)cc12. The van der Waals surface area contributed by atoms with Crippen molar-refractivity contribution in [1.82, 2.24) is 4.98 Å². The lowest BCUT2D eigenvalue weighted by molar-refractivity contribution is 0.100. The number of benzene rings is 2. The summed E-state index contributed by atoms with van der Waals surface area (Å²) in [5.74, 6) is -0.0365. The Morgan fingerprint density at radius 3 is 2.71 bits per heavy atom. The fourth-order valence-electron chi connectivity index (χ4n) is 2.58. The van der Waals surface area contributed by atoms with Gasteiger partial charge in [-0.25, -0.2) is 0 Å². The summed E-state index contributed by atoms with van der Waals surface area (Å²) < 4.78 is 5.42. The topological polar surface area (TPSA) is 104 Å². The Balaban J connectivity index is 2.22. The first kappa shape index (κ1) is 15.5. The van der Waals surface area contributed by atoms with Crippen molar-refractivity contribution in [2.45, 2.75) is 0 Å². The van der Waals surface area contributed by atoms with Gasteiger partial charge in [0.05, 0.1) is 7.11 Å². The summed E-state index contributed by atoms with van der Waals surface area (Å²) in [5, 5.41) is 1.88. The summed E-state index contributed by atoms with van der Waals surface area (Å²) in [6.45, 7) is 0. The van der Waals surface area contributed by atoms with Crippen molar-refractivity contribution >= 4 is 22.6 Å². The number of fused-ring (bicyclic) bond motifs is 1. The molecule has 0 unspecified atom stereocenters. The van der Waals surface area contributed by atoms with Crippen molar-refractivity contribution in [1.29, 1.82) is 0 Å². The standard InChI is InChI=1S/C18H16N4O2/c1-24-16-7-8-21-10-15(16)13-4-2-3-11-5-6-12(9-14(11)13)17(23)22-18(19)20/h2-10H,1H3,(H4,19,20,22,23). The number of aliphatic imine (C=N–C) groups is 1. The molecule has 0 bridgehead atoms. The van der Waals surface area contributed by atoms with Gasteiger partial charge in [0.15, 0.2) is 5.96 Å². The number of amides is 1. The molecule has 0 saturated carbocycles. The highest BCUT2D eigenvalue weighted by Crippen LogP contribution is 2.34. The predicted octanol–water partition coefficient (Wildman–Crippen LogP) is 2.32. The van der Waals surface area contributed by atoms with Crippen molar-refractivity contribution in [2.75, 3.05) is 7.11 Å². The van der Waals surface area contributed by atoms with Crippen LogP contribution in [0.5, 0.6) is 5.75 Å². The van der Waals surface area contributed by atoms with Gasteiger partial charge in [0, 0.05) is 23.5 Å². The van der Waals surface area contributed by atoms with E-state index in [1.165, 1.54) is 0 Å². The summed E-state index contributed by atoms with van der Waals surface area (Å²) in [5.41, 5.74) is 12.7. The fraction of sp³-hybridized carbons (Fsp3) is 0.0556. The Labute approximate surface area is 138 Å². The molecular weight excluding hydrogens is 304 g/mol. The number of carbonyl (C=O) groups is 1. The maximum atomic E-state index is 12.1. The van der Waals surface area contributed by atoms with Gasteiger partial charge in [-0.2, -0.15) is 4.99 Å². The molecule has 0 atom stereocenters. The third-order valence-corrected chi connectivity index (χ3v) is 3.65. The van der Waals surface area contributed by atoms with Crippen LogP contribution >= 0.6 is 0 Å². The Hall–Kier alpha value is -3.41. The van der Waals surface area contributed by atoms with Gasteiger partial charge in [-0.15, -0.1) is 0 Å². The first-order valence-electron chi connectivity index (χ1n) is 7.25. The van der Waals surface area contributed by atoms with E-state index < -0.39 is 5.91 Å². The number of rotatable bonds is 3. The number of hydrogen-bond donors (Lipinski definition) is 2. The number of nitrogens with zero attached hydrogens (tertiary/aromatic N) is 2. The third kappa shape index (κ3) is 2.89. The highest BCUT2D eigenvalue weighted by molar-refractivity contribution is 6.06. The van der Waals surface area contributed by atoms with Gasteiger partial charge in [0.2, 0.25) is 0 Å². The van der Waals surface area contributed by atoms with Crippen LogP contribution in [0.3, 0.4) is 0 Å². The van der Waals surface area contributed by atoms with E-state index in [4.69, 9.17) is 16.2 Å². The average molecular weight is 320 g/mol. The van der Waals surface area contributed by atoms with E-state index in [-0.39, 0.29) is 5.96 Å². The quantitative estimate of drug-likeness (QED) is 0.569. The van der Waals surface area contributed by atoms with Crippen LogP contribution in [0.2, 0.25) is 0 Å². The Bertz CT molecular complexity index is 947. The molecular formula is C18H16N4O2. The molecule has 0 aliphatic carbocycles. The minimum absolute atomic E-state index is 0.262. The molecule has 120 valence electrons. The van der Waals surface area contributed by atoms with Gasteiger partial charge in [-0.3, -0.25) is 9.78 Å². The average Bonchev–Trinajstić information content (AvgIpc) is 2.60. The molecule has 0 saturated heterocycles. The molecule has 6 heteroatoms. The first-order valence-corrected chi connectivity index (χ1v) is 7.25. The number of ether oxygens (including phenoxy) is 1. The molecule has 24 heavy (non-hydrogen) atoms. The van der Waals surface area contributed by atoms with E-state index in [9.17, 15) is 4.79 Å². The summed E-state index contributed by atoms with van der Waals surface area (Å²) in [6, 6.07) is 13.0. The summed E-state index contributed by atoms with van der Waals surface area (Å²) in [7, 11) is 1.61. The number of hydrogen-bond acceptors (Lipinski definition) is 3. The van der Waals surface area contributed by atoms with Crippen molar-refractivity contribution < 1.29 is 9.53 Å².